The summed E-state index contributed by atoms with van der Waals surface area (Å²) in [7, 11) is 1.43. The minimum atomic E-state index is -0.723. The van der Waals surface area contributed by atoms with E-state index >= 15 is 0 Å². The predicted molar refractivity (Wildman–Crippen MR) is 114 cm³/mol. The van der Waals surface area contributed by atoms with Crippen LogP contribution < -0.4 is 9.47 Å². The van der Waals surface area contributed by atoms with E-state index in [0.717, 1.165) is 16.9 Å². The molecular formula is C23H26FN3O4. The smallest absolute Gasteiger partial charge is 0.224 e. The highest BCUT2D eigenvalue weighted by atomic mass is 19.1. The number of piperidine rings is 1. The van der Waals surface area contributed by atoms with Crippen LogP contribution in [0, 0.1) is 12.7 Å². The largest absolute Gasteiger partial charge is 0.493 e. The summed E-state index contributed by atoms with van der Waals surface area (Å²) in [5.41, 5.74) is 1.92. The van der Waals surface area contributed by atoms with Crippen LogP contribution in [0.2, 0.25) is 0 Å². The van der Waals surface area contributed by atoms with E-state index < -0.39 is 18.0 Å². The highest BCUT2D eigenvalue weighted by Gasteiger charge is 2.32. The fraction of sp³-hybridized carbons (Fsp3) is 0.391. The van der Waals surface area contributed by atoms with Gasteiger partial charge in [0.25, 0.3) is 0 Å². The Balaban J connectivity index is 1.41. The second-order valence-corrected chi connectivity index (χ2v) is 7.70. The number of imidazole rings is 1. The Bertz CT molecular complexity index is 1080. The van der Waals surface area contributed by atoms with Crippen LogP contribution in [0.15, 0.2) is 42.5 Å². The van der Waals surface area contributed by atoms with Crippen molar-refractivity contribution >= 4 is 16.9 Å². The van der Waals surface area contributed by atoms with Crippen molar-refractivity contribution in [2.45, 2.75) is 38.5 Å². The minimum absolute atomic E-state index is 0.0104. The average Bonchev–Trinajstić information content (AvgIpc) is 3.09. The molecule has 2 heterocycles. The van der Waals surface area contributed by atoms with Gasteiger partial charge in [0, 0.05) is 25.6 Å². The van der Waals surface area contributed by atoms with Crippen molar-refractivity contribution in [3.8, 4) is 11.5 Å². The van der Waals surface area contributed by atoms with Crippen molar-refractivity contribution < 1.29 is 23.8 Å². The molecule has 1 N–H and O–H groups in total. The number of benzene rings is 2. The number of nitrogens with zero attached hydrogens (tertiary/aromatic N) is 3. The van der Waals surface area contributed by atoms with E-state index in [0.29, 0.717) is 31.7 Å². The second-order valence-electron chi connectivity index (χ2n) is 7.70. The number of aromatic nitrogens is 2. The van der Waals surface area contributed by atoms with Gasteiger partial charge in [-0.15, -0.1) is 0 Å². The molecule has 4 rings (SSSR count). The number of amides is 1. The molecule has 1 aliphatic rings. The predicted octanol–water partition coefficient (Wildman–Crippen LogP) is 2.92. The molecule has 164 valence electrons. The lowest BCUT2D eigenvalue weighted by molar-refractivity contribution is -0.137. The lowest BCUT2D eigenvalue weighted by Crippen LogP contribution is -2.51. The Morgan fingerprint density at radius 1 is 1.26 bits per heavy atom. The zero-order chi connectivity index (χ0) is 22.0. The zero-order valence-electron chi connectivity index (χ0n) is 17.6. The SMILES string of the molecule is COc1cc(F)ccc1O[C@@H]1CN(C(=O)CCn2c(C)nc3ccccc32)CC[C@H]1O. The van der Waals surface area contributed by atoms with Crippen molar-refractivity contribution in [3.63, 3.8) is 0 Å². The Labute approximate surface area is 180 Å². The molecule has 1 amide bonds. The fourth-order valence-electron chi connectivity index (χ4n) is 3.99. The summed E-state index contributed by atoms with van der Waals surface area (Å²) in [6.45, 7) is 3.18. The molecule has 2 aromatic carbocycles. The van der Waals surface area contributed by atoms with E-state index in [9.17, 15) is 14.3 Å². The minimum Gasteiger partial charge on any atom is -0.493 e. The van der Waals surface area contributed by atoms with E-state index in [1.807, 2.05) is 35.8 Å². The molecule has 2 atom stereocenters. The Kier molecular flexibility index (Phi) is 6.08. The summed E-state index contributed by atoms with van der Waals surface area (Å²) in [5, 5.41) is 10.4. The van der Waals surface area contributed by atoms with Gasteiger partial charge in [-0.05, 0) is 37.6 Å². The van der Waals surface area contributed by atoms with E-state index in [1.165, 1.54) is 25.3 Å². The number of aliphatic hydroxyl groups is 1. The van der Waals surface area contributed by atoms with Crippen molar-refractivity contribution in [1.29, 1.82) is 0 Å². The summed E-state index contributed by atoms with van der Waals surface area (Å²) >= 11 is 0. The van der Waals surface area contributed by atoms with Crippen LogP contribution in [0.25, 0.3) is 11.0 Å². The average molecular weight is 427 g/mol. The molecule has 0 bridgehead atoms. The van der Waals surface area contributed by atoms with Crippen LogP contribution in [0.1, 0.15) is 18.7 Å². The number of fused-ring (bicyclic) bond motifs is 1. The number of ether oxygens (including phenoxy) is 2. The third kappa shape index (κ3) is 4.49. The number of rotatable bonds is 6. The van der Waals surface area contributed by atoms with Crippen LogP contribution in [0.5, 0.6) is 11.5 Å². The second kappa shape index (κ2) is 8.93. The molecule has 0 spiro atoms. The summed E-state index contributed by atoms with van der Waals surface area (Å²) < 4.78 is 26.6. The van der Waals surface area contributed by atoms with Crippen molar-refractivity contribution in [3.05, 3.63) is 54.1 Å². The lowest BCUT2D eigenvalue weighted by atomic mass is 10.0. The molecule has 1 aromatic heterocycles. The number of hydrogen-bond acceptors (Lipinski definition) is 5. The van der Waals surface area contributed by atoms with Gasteiger partial charge in [-0.25, -0.2) is 9.37 Å². The number of hydrogen-bond donors (Lipinski definition) is 1. The van der Waals surface area contributed by atoms with Gasteiger partial charge in [-0.1, -0.05) is 12.1 Å². The molecule has 0 radical (unpaired) electrons. The Hall–Kier alpha value is -3.13. The number of methoxy groups -OCH3 is 1. The normalized spacial score (nSPS) is 18.9. The number of aryl methyl sites for hydroxylation is 2. The monoisotopic (exact) mass is 427 g/mol. The maximum absolute atomic E-state index is 13.4. The summed E-state index contributed by atoms with van der Waals surface area (Å²) in [6, 6.07) is 11.8. The van der Waals surface area contributed by atoms with E-state index in [1.54, 1.807) is 4.90 Å². The first kappa shape index (κ1) is 21.1. The van der Waals surface area contributed by atoms with Crippen LogP contribution in [-0.4, -0.2) is 57.9 Å². The zero-order valence-corrected chi connectivity index (χ0v) is 17.6. The highest BCUT2D eigenvalue weighted by molar-refractivity contribution is 5.78. The molecule has 1 saturated heterocycles. The molecule has 1 aliphatic heterocycles. The van der Waals surface area contributed by atoms with Gasteiger partial charge in [-0.2, -0.15) is 0 Å². The molecule has 0 saturated carbocycles. The van der Waals surface area contributed by atoms with Gasteiger partial charge in [-0.3, -0.25) is 4.79 Å². The highest BCUT2D eigenvalue weighted by Crippen LogP contribution is 2.30. The van der Waals surface area contributed by atoms with E-state index in [4.69, 9.17) is 9.47 Å². The molecule has 7 nitrogen and oxygen atoms in total. The molecule has 1 fully saturated rings. The number of halogens is 1. The molecule has 0 aliphatic carbocycles. The number of para-hydroxylation sites is 2. The van der Waals surface area contributed by atoms with E-state index in [2.05, 4.69) is 4.98 Å². The number of carbonyl (C=O) groups excluding carboxylic acids is 1. The maximum Gasteiger partial charge on any atom is 0.224 e. The van der Waals surface area contributed by atoms with Gasteiger partial charge in [0.15, 0.2) is 11.5 Å². The molecule has 8 heteroatoms. The molecule has 31 heavy (non-hydrogen) atoms. The van der Waals surface area contributed by atoms with Gasteiger partial charge in [0.2, 0.25) is 5.91 Å². The summed E-state index contributed by atoms with van der Waals surface area (Å²) in [5.74, 6) is 1.00. The molecule has 3 aromatic rings. The molecule has 0 unspecified atom stereocenters. The molecular weight excluding hydrogens is 401 g/mol. The van der Waals surface area contributed by atoms with Gasteiger partial charge < -0.3 is 24.0 Å². The third-order valence-corrected chi connectivity index (χ3v) is 5.68. The van der Waals surface area contributed by atoms with Crippen molar-refractivity contribution in [1.82, 2.24) is 14.5 Å². The summed E-state index contributed by atoms with van der Waals surface area (Å²) in [6.07, 6.45) is -0.608. The Morgan fingerprint density at radius 3 is 2.87 bits per heavy atom. The van der Waals surface area contributed by atoms with Crippen LogP contribution in [0.3, 0.4) is 0 Å². The lowest BCUT2D eigenvalue weighted by Gasteiger charge is -2.36. The first-order valence-electron chi connectivity index (χ1n) is 10.3. The van der Waals surface area contributed by atoms with Gasteiger partial charge >= 0.3 is 0 Å². The fourth-order valence-corrected chi connectivity index (χ4v) is 3.99. The van der Waals surface area contributed by atoms with E-state index in [-0.39, 0.29) is 18.2 Å². The Morgan fingerprint density at radius 2 is 2.06 bits per heavy atom. The van der Waals surface area contributed by atoms with Crippen molar-refractivity contribution in [2.75, 3.05) is 20.2 Å². The maximum atomic E-state index is 13.4. The van der Waals surface area contributed by atoms with Crippen LogP contribution in [0.4, 0.5) is 4.39 Å². The number of likely N-dealkylation sites (tertiary alicyclic amines) is 1. The van der Waals surface area contributed by atoms with Crippen LogP contribution >= 0.6 is 0 Å². The standard InChI is InChI=1S/C23H26FN3O4/c1-15-25-17-5-3-4-6-18(17)27(15)12-10-23(29)26-11-9-19(28)22(14-26)31-20-8-7-16(24)13-21(20)30-2/h3-8,13,19,22,28H,9-12,14H2,1-2H3/t19-,22-/m1/s1. The number of aliphatic hydroxyl groups excluding tert-OH is 1. The number of carbonyl (C=O) groups is 1. The van der Waals surface area contributed by atoms with Gasteiger partial charge in [0.05, 0.1) is 30.8 Å². The van der Waals surface area contributed by atoms with Crippen molar-refractivity contribution in [2.24, 2.45) is 0 Å². The van der Waals surface area contributed by atoms with Gasteiger partial charge in [0.1, 0.15) is 17.7 Å². The topological polar surface area (TPSA) is 76.8 Å². The quantitative estimate of drug-likeness (QED) is 0.655. The summed E-state index contributed by atoms with van der Waals surface area (Å²) in [4.78, 5) is 19.1. The third-order valence-electron chi connectivity index (χ3n) is 5.68. The first-order chi connectivity index (χ1) is 15.0. The first-order valence-corrected chi connectivity index (χ1v) is 10.3. The van der Waals surface area contributed by atoms with Crippen LogP contribution in [-0.2, 0) is 11.3 Å².